The molecule has 0 unspecified atom stereocenters. The first-order chi connectivity index (χ1) is 8.70. The fourth-order valence-electron chi connectivity index (χ4n) is 2.20. The number of nitrogen functional groups attached to an aromatic ring is 1. The van der Waals surface area contributed by atoms with E-state index in [0.29, 0.717) is 11.3 Å². The Balaban J connectivity index is 2.02. The molecule has 1 fully saturated rings. The number of amides is 1. The summed E-state index contributed by atoms with van der Waals surface area (Å²) < 4.78 is 5.60. The Morgan fingerprint density at radius 3 is 3.17 bits per heavy atom. The number of carbonyl (C=O) groups excluding carboxylic acids is 1. The van der Waals surface area contributed by atoms with Crippen molar-refractivity contribution in [2.45, 2.75) is 19.9 Å². The maximum Gasteiger partial charge on any atom is 0.268 e. The van der Waals surface area contributed by atoms with E-state index in [1.165, 1.54) is 0 Å². The van der Waals surface area contributed by atoms with E-state index in [9.17, 15) is 4.79 Å². The Kier molecular flexibility index (Phi) is 4.35. The number of hydrogen-bond acceptors (Lipinski definition) is 5. The summed E-state index contributed by atoms with van der Waals surface area (Å²) in [7, 11) is 0. The molecule has 4 N–H and O–H groups in total. The zero-order chi connectivity index (χ0) is 13.0. The second-order valence-corrected chi connectivity index (χ2v) is 4.54. The van der Waals surface area contributed by atoms with Crippen molar-refractivity contribution in [3.63, 3.8) is 0 Å². The van der Waals surface area contributed by atoms with Crippen molar-refractivity contribution in [2.24, 2.45) is 5.84 Å². The van der Waals surface area contributed by atoms with Crippen LogP contribution >= 0.6 is 0 Å². The predicted molar refractivity (Wildman–Crippen MR) is 67.9 cm³/mol. The molecular weight excluding hydrogens is 232 g/mol. The number of rotatable bonds is 3. The second kappa shape index (κ2) is 5.99. The van der Waals surface area contributed by atoms with E-state index in [-0.39, 0.29) is 5.91 Å². The maximum absolute atomic E-state index is 11.5. The van der Waals surface area contributed by atoms with Gasteiger partial charge >= 0.3 is 0 Å². The smallest absolute Gasteiger partial charge is 0.268 e. The first kappa shape index (κ1) is 13.1. The van der Waals surface area contributed by atoms with Crippen molar-refractivity contribution in [1.29, 1.82) is 0 Å². The van der Waals surface area contributed by atoms with Gasteiger partial charge in [-0.05, 0) is 32.5 Å². The summed E-state index contributed by atoms with van der Waals surface area (Å²) in [5.74, 6) is 6.25. The Bertz CT molecular complexity index is 408. The molecule has 6 nitrogen and oxygen atoms in total. The second-order valence-electron chi connectivity index (χ2n) is 4.54. The minimum Gasteiger partial charge on any atom is -0.464 e. The standard InChI is InChI=1S/C12H20N4O2/c1-9-11(12(17)15-13)7-10(18-9)8-16-5-2-3-14-4-6-16/h7,14H,2-6,8,13H2,1H3,(H,15,17). The number of carbonyl (C=O) groups is 1. The summed E-state index contributed by atoms with van der Waals surface area (Å²) >= 11 is 0. The quantitative estimate of drug-likeness (QED) is 0.400. The third-order valence-electron chi connectivity index (χ3n) is 3.16. The minimum absolute atomic E-state index is 0.306. The Hall–Kier alpha value is -1.37. The van der Waals surface area contributed by atoms with Gasteiger partial charge in [-0.15, -0.1) is 0 Å². The molecule has 1 saturated heterocycles. The molecule has 0 saturated carbocycles. The molecule has 0 aliphatic carbocycles. The van der Waals surface area contributed by atoms with Gasteiger partial charge in [-0.3, -0.25) is 15.1 Å². The number of furan rings is 1. The summed E-state index contributed by atoms with van der Waals surface area (Å²) in [5, 5.41) is 3.35. The molecule has 18 heavy (non-hydrogen) atoms. The van der Waals surface area contributed by atoms with Crippen LogP contribution in [0, 0.1) is 6.92 Å². The molecule has 0 radical (unpaired) electrons. The molecule has 0 atom stereocenters. The van der Waals surface area contributed by atoms with Crippen LogP contribution < -0.4 is 16.6 Å². The lowest BCUT2D eigenvalue weighted by molar-refractivity contribution is 0.0952. The number of aryl methyl sites for hydroxylation is 1. The van der Waals surface area contributed by atoms with Gasteiger partial charge in [-0.1, -0.05) is 0 Å². The van der Waals surface area contributed by atoms with Crippen LogP contribution in [-0.2, 0) is 6.54 Å². The maximum atomic E-state index is 11.5. The molecule has 6 heteroatoms. The number of nitrogens with two attached hydrogens (primary N) is 1. The van der Waals surface area contributed by atoms with E-state index in [4.69, 9.17) is 10.3 Å². The SMILES string of the molecule is Cc1oc(CN2CCCNCC2)cc1C(=O)NN. The highest BCUT2D eigenvalue weighted by Crippen LogP contribution is 2.16. The average Bonchev–Trinajstić information content (AvgIpc) is 2.57. The molecule has 100 valence electrons. The van der Waals surface area contributed by atoms with Crippen molar-refractivity contribution in [2.75, 3.05) is 26.2 Å². The third-order valence-corrected chi connectivity index (χ3v) is 3.16. The topological polar surface area (TPSA) is 83.5 Å². The lowest BCUT2D eigenvalue weighted by Crippen LogP contribution is -2.30. The summed E-state index contributed by atoms with van der Waals surface area (Å²) in [6.45, 7) is 6.62. The molecule has 1 amide bonds. The van der Waals surface area contributed by atoms with Gasteiger partial charge in [0.05, 0.1) is 12.1 Å². The van der Waals surface area contributed by atoms with Gasteiger partial charge in [0.15, 0.2) is 0 Å². The fraction of sp³-hybridized carbons (Fsp3) is 0.583. The highest BCUT2D eigenvalue weighted by molar-refractivity contribution is 5.94. The van der Waals surface area contributed by atoms with Gasteiger partial charge in [0.25, 0.3) is 5.91 Å². The summed E-state index contributed by atoms with van der Waals surface area (Å²) in [6.07, 6.45) is 1.13. The van der Waals surface area contributed by atoms with Crippen molar-refractivity contribution in [1.82, 2.24) is 15.6 Å². The summed E-state index contributed by atoms with van der Waals surface area (Å²) in [6, 6.07) is 1.77. The van der Waals surface area contributed by atoms with E-state index >= 15 is 0 Å². The Morgan fingerprint density at radius 2 is 2.39 bits per heavy atom. The minimum atomic E-state index is -0.306. The first-order valence-electron chi connectivity index (χ1n) is 6.24. The number of nitrogens with one attached hydrogen (secondary N) is 2. The van der Waals surface area contributed by atoms with Gasteiger partial charge in [-0.25, -0.2) is 5.84 Å². The number of hydrazine groups is 1. The Morgan fingerprint density at radius 1 is 1.56 bits per heavy atom. The van der Waals surface area contributed by atoms with Crippen LogP contribution in [0.4, 0.5) is 0 Å². The monoisotopic (exact) mass is 252 g/mol. The zero-order valence-corrected chi connectivity index (χ0v) is 10.7. The molecule has 2 rings (SSSR count). The number of hydrogen-bond donors (Lipinski definition) is 3. The van der Waals surface area contributed by atoms with E-state index in [0.717, 1.165) is 44.9 Å². The van der Waals surface area contributed by atoms with E-state index in [2.05, 4.69) is 15.6 Å². The van der Waals surface area contributed by atoms with Crippen LogP contribution in [0.3, 0.4) is 0 Å². The highest BCUT2D eigenvalue weighted by Gasteiger charge is 2.16. The molecule has 2 heterocycles. The van der Waals surface area contributed by atoms with E-state index in [1.54, 1.807) is 13.0 Å². The van der Waals surface area contributed by atoms with Gasteiger partial charge in [0.1, 0.15) is 11.5 Å². The molecule has 1 aromatic rings. The van der Waals surface area contributed by atoms with E-state index in [1.807, 2.05) is 0 Å². The summed E-state index contributed by atoms with van der Waals surface area (Å²) in [4.78, 5) is 13.8. The van der Waals surface area contributed by atoms with Crippen LogP contribution in [0.25, 0.3) is 0 Å². The molecule has 1 aromatic heterocycles. The molecule has 0 bridgehead atoms. The van der Waals surface area contributed by atoms with Crippen molar-refractivity contribution >= 4 is 5.91 Å². The van der Waals surface area contributed by atoms with Crippen LogP contribution in [0.5, 0.6) is 0 Å². The fourth-order valence-corrected chi connectivity index (χ4v) is 2.20. The lowest BCUT2D eigenvalue weighted by Gasteiger charge is -2.17. The average molecular weight is 252 g/mol. The molecule has 0 spiro atoms. The lowest BCUT2D eigenvalue weighted by atomic mass is 10.2. The van der Waals surface area contributed by atoms with Crippen molar-refractivity contribution in [3.05, 3.63) is 23.2 Å². The third kappa shape index (κ3) is 3.10. The normalized spacial score (nSPS) is 17.4. The summed E-state index contributed by atoms with van der Waals surface area (Å²) in [5.41, 5.74) is 2.64. The molecule has 1 aliphatic heterocycles. The molecular formula is C12H20N4O2. The van der Waals surface area contributed by atoms with Crippen LogP contribution in [0.2, 0.25) is 0 Å². The van der Waals surface area contributed by atoms with Gasteiger partial charge < -0.3 is 9.73 Å². The Labute approximate surface area is 106 Å². The van der Waals surface area contributed by atoms with Crippen LogP contribution in [0.1, 0.15) is 28.3 Å². The molecule has 0 aromatic carbocycles. The van der Waals surface area contributed by atoms with Crippen molar-refractivity contribution in [3.8, 4) is 0 Å². The molecule has 1 aliphatic rings. The van der Waals surface area contributed by atoms with Crippen LogP contribution in [0.15, 0.2) is 10.5 Å². The predicted octanol–water partition coefficient (Wildman–Crippen LogP) is -0.0132. The van der Waals surface area contributed by atoms with Gasteiger partial charge in [0, 0.05) is 13.1 Å². The first-order valence-corrected chi connectivity index (χ1v) is 6.24. The largest absolute Gasteiger partial charge is 0.464 e. The van der Waals surface area contributed by atoms with E-state index < -0.39 is 0 Å². The highest BCUT2D eigenvalue weighted by atomic mass is 16.3. The van der Waals surface area contributed by atoms with Crippen molar-refractivity contribution < 1.29 is 9.21 Å². The van der Waals surface area contributed by atoms with Gasteiger partial charge in [0.2, 0.25) is 0 Å². The van der Waals surface area contributed by atoms with Gasteiger partial charge in [-0.2, -0.15) is 0 Å². The number of nitrogens with zero attached hydrogens (tertiary/aromatic N) is 1. The zero-order valence-electron chi connectivity index (χ0n) is 10.7. The van der Waals surface area contributed by atoms with Crippen LogP contribution in [-0.4, -0.2) is 37.0 Å².